The molecule has 0 aromatic heterocycles. The van der Waals surface area contributed by atoms with Gasteiger partial charge in [0.05, 0.1) is 22.1 Å². The van der Waals surface area contributed by atoms with Crippen LogP contribution in [0, 0.1) is 11.7 Å². The lowest BCUT2D eigenvalue weighted by Crippen LogP contribution is -2.78. The van der Waals surface area contributed by atoms with Gasteiger partial charge in [0, 0.05) is 31.3 Å². The molecule has 0 unspecified atom stereocenters. The van der Waals surface area contributed by atoms with E-state index < -0.39 is 22.9 Å². The third kappa shape index (κ3) is 3.34. The quantitative estimate of drug-likeness (QED) is 0.556. The first-order valence-electron chi connectivity index (χ1n) is 13.6. The van der Waals surface area contributed by atoms with E-state index in [0.29, 0.717) is 24.2 Å². The number of carbonyl (C=O) groups excluding carboxylic acids is 1. The monoisotopic (exact) mass is 538 g/mol. The first-order chi connectivity index (χ1) is 18.2. The first kappa shape index (κ1) is 24.4. The molecule has 2 aromatic carbocycles. The molecular weight excluding hydrogens is 507 g/mol. The minimum atomic E-state index is -0.992. The summed E-state index contributed by atoms with van der Waals surface area (Å²) in [6, 6.07) is 7.81. The number of ether oxygens (including phenoxy) is 1. The first-order valence-corrected chi connectivity index (χ1v) is 14.0. The van der Waals surface area contributed by atoms with Gasteiger partial charge in [-0.3, -0.25) is 9.69 Å². The fourth-order valence-corrected chi connectivity index (χ4v) is 8.03. The smallest absolute Gasteiger partial charge is 0.246 e. The van der Waals surface area contributed by atoms with Crippen LogP contribution in [0.3, 0.4) is 0 Å². The number of phenolic OH excluding ortho intramolecular Hbond substituents is 1. The van der Waals surface area contributed by atoms with E-state index in [2.05, 4.69) is 4.90 Å². The van der Waals surface area contributed by atoms with E-state index in [4.69, 9.17) is 16.3 Å². The molecule has 5 atom stereocenters. The van der Waals surface area contributed by atoms with Crippen LogP contribution in [-0.2, 0) is 16.6 Å². The highest BCUT2D eigenvalue weighted by Gasteiger charge is 2.73. The highest BCUT2D eigenvalue weighted by atomic mass is 35.5. The molecule has 2 aliphatic heterocycles. The topological polar surface area (TPSA) is 73.2 Å². The van der Waals surface area contributed by atoms with E-state index in [1.54, 1.807) is 30.2 Å². The van der Waals surface area contributed by atoms with Gasteiger partial charge in [-0.15, -0.1) is 0 Å². The van der Waals surface area contributed by atoms with E-state index in [1.165, 1.54) is 31.1 Å². The zero-order valence-electron chi connectivity index (χ0n) is 21.4. The van der Waals surface area contributed by atoms with Crippen molar-refractivity contribution in [3.05, 3.63) is 63.9 Å². The van der Waals surface area contributed by atoms with Crippen molar-refractivity contribution in [2.75, 3.05) is 20.1 Å². The molecule has 1 amide bonds. The molecule has 2 N–H and O–H groups in total. The summed E-state index contributed by atoms with van der Waals surface area (Å²) in [5, 5.41) is 23.4. The number of aromatic hydroxyl groups is 1. The van der Waals surface area contributed by atoms with E-state index in [9.17, 15) is 19.4 Å². The molecule has 1 spiro atoms. The maximum Gasteiger partial charge on any atom is 0.246 e. The number of aliphatic hydroxyl groups is 1. The predicted octanol–water partition coefficient (Wildman–Crippen LogP) is 4.29. The fraction of sp³-hybridized carbons (Fsp3) is 0.500. The van der Waals surface area contributed by atoms with Crippen LogP contribution in [0.5, 0.6) is 11.5 Å². The number of benzene rings is 2. The summed E-state index contributed by atoms with van der Waals surface area (Å²) in [6.07, 6.45) is 7.68. The Morgan fingerprint density at radius 3 is 2.84 bits per heavy atom. The average Bonchev–Trinajstić information content (AvgIpc) is 3.64. The second kappa shape index (κ2) is 8.44. The lowest BCUT2D eigenvalue weighted by atomic mass is 9.48. The molecule has 2 bridgehead atoms. The van der Waals surface area contributed by atoms with Crippen LogP contribution in [0.2, 0.25) is 5.02 Å². The summed E-state index contributed by atoms with van der Waals surface area (Å²) in [5.74, 6) is 0.523. The number of likely N-dealkylation sites (tertiary alicyclic amines) is 1. The third-order valence-corrected chi connectivity index (χ3v) is 10.2. The van der Waals surface area contributed by atoms with E-state index >= 15 is 0 Å². The zero-order chi connectivity index (χ0) is 26.4. The van der Waals surface area contributed by atoms with Gasteiger partial charge in [-0.1, -0.05) is 23.7 Å². The minimum absolute atomic E-state index is 0.00685. The number of amides is 1. The molecule has 5 aliphatic rings. The molecule has 8 heteroatoms. The Labute approximate surface area is 226 Å². The fourth-order valence-electron chi connectivity index (χ4n) is 7.92. The molecule has 38 heavy (non-hydrogen) atoms. The molecule has 200 valence electrons. The Kier molecular flexibility index (Phi) is 5.43. The summed E-state index contributed by atoms with van der Waals surface area (Å²) < 4.78 is 20.4. The number of piperidine rings is 1. The van der Waals surface area contributed by atoms with Crippen LogP contribution in [0.4, 0.5) is 4.39 Å². The Bertz CT molecular complexity index is 1360. The van der Waals surface area contributed by atoms with Gasteiger partial charge < -0.3 is 19.8 Å². The van der Waals surface area contributed by atoms with Gasteiger partial charge in [-0.05, 0) is 86.4 Å². The maximum absolute atomic E-state index is 13.9. The van der Waals surface area contributed by atoms with Crippen molar-refractivity contribution in [2.24, 2.45) is 5.92 Å². The summed E-state index contributed by atoms with van der Waals surface area (Å²) in [5.41, 5.74) is 0.954. The van der Waals surface area contributed by atoms with Crippen LogP contribution in [0.25, 0.3) is 6.08 Å². The molecule has 3 fully saturated rings. The Hall–Kier alpha value is -2.61. The van der Waals surface area contributed by atoms with Crippen LogP contribution in [-0.4, -0.2) is 69.8 Å². The summed E-state index contributed by atoms with van der Waals surface area (Å²) >= 11 is 5.78. The number of hydrogen-bond donors (Lipinski definition) is 2. The van der Waals surface area contributed by atoms with Gasteiger partial charge in [-0.25, -0.2) is 4.39 Å². The lowest BCUT2D eigenvalue weighted by molar-refractivity contribution is -0.200. The van der Waals surface area contributed by atoms with Crippen LogP contribution >= 0.6 is 11.6 Å². The van der Waals surface area contributed by atoms with Crippen molar-refractivity contribution in [1.29, 1.82) is 0 Å². The van der Waals surface area contributed by atoms with Crippen molar-refractivity contribution < 1.29 is 24.1 Å². The van der Waals surface area contributed by atoms with Crippen LogP contribution in [0.15, 0.2) is 36.4 Å². The molecular formula is C30H32ClFN2O4. The number of likely N-dealkylation sites (N-methyl/N-ethyl adjacent to an activating group) is 1. The highest BCUT2D eigenvalue weighted by Crippen LogP contribution is 2.66. The number of phenols is 1. The van der Waals surface area contributed by atoms with E-state index in [-0.39, 0.29) is 28.8 Å². The summed E-state index contributed by atoms with van der Waals surface area (Å²) in [4.78, 5) is 17.5. The minimum Gasteiger partial charge on any atom is -0.504 e. The molecule has 2 saturated carbocycles. The SMILES string of the molecule is CN(C(=O)C=Cc1ccc(Cl)c(F)c1)[C@H]1CC[C@@]2(O)[C@H]3Cc4ccc(O)c5c4[C@@]2(CCN3CC2CC2)[C@H]1O5. The second-order valence-corrected chi connectivity index (χ2v) is 12.3. The lowest BCUT2D eigenvalue weighted by Gasteiger charge is -2.64. The molecule has 2 aromatic rings. The second-order valence-electron chi connectivity index (χ2n) is 11.9. The highest BCUT2D eigenvalue weighted by molar-refractivity contribution is 6.30. The van der Waals surface area contributed by atoms with Crippen LogP contribution < -0.4 is 4.74 Å². The van der Waals surface area contributed by atoms with Crippen molar-refractivity contribution in [2.45, 2.75) is 67.7 Å². The molecule has 3 aliphatic carbocycles. The molecule has 6 nitrogen and oxygen atoms in total. The third-order valence-electron chi connectivity index (χ3n) is 9.94. The van der Waals surface area contributed by atoms with Gasteiger partial charge in [-0.2, -0.15) is 0 Å². The average molecular weight is 539 g/mol. The number of halogens is 2. The number of rotatable bonds is 5. The summed E-state index contributed by atoms with van der Waals surface area (Å²) in [7, 11) is 1.76. The Morgan fingerprint density at radius 1 is 1.26 bits per heavy atom. The van der Waals surface area contributed by atoms with Gasteiger partial charge >= 0.3 is 0 Å². The van der Waals surface area contributed by atoms with Crippen molar-refractivity contribution in [3.63, 3.8) is 0 Å². The molecule has 0 radical (unpaired) electrons. The molecule has 7 rings (SSSR count). The Balaban J connectivity index is 1.23. The van der Waals surface area contributed by atoms with Crippen molar-refractivity contribution in [1.82, 2.24) is 9.80 Å². The number of carbonyl (C=O) groups is 1. The summed E-state index contributed by atoms with van der Waals surface area (Å²) in [6.45, 7) is 1.89. The van der Waals surface area contributed by atoms with Gasteiger partial charge in [0.15, 0.2) is 11.5 Å². The van der Waals surface area contributed by atoms with Crippen molar-refractivity contribution >= 4 is 23.6 Å². The van der Waals surface area contributed by atoms with Gasteiger partial charge in [0.1, 0.15) is 11.9 Å². The Morgan fingerprint density at radius 2 is 2.08 bits per heavy atom. The standard InChI is InChI=1S/C30H32ClFN2O4/c1-33(25(36)9-5-17-4-7-20(31)21(32)14-17)22-10-11-30(37)24-15-19-6-8-23(35)27-26(19)29(30,28(22)38-27)12-13-34(24)16-18-2-3-18/h4-9,14,18,22,24,28,35,37H,2-3,10-13,15-16H2,1H3/t22-,24+,28-,29-,30+/m0/s1. The number of nitrogens with zero attached hydrogens (tertiary/aromatic N) is 2. The largest absolute Gasteiger partial charge is 0.504 e. The van der Waals surface area contributed by atoms with Gasteiger partial charge in [0.25, 0.3) is 0 Å². The normalized spacial score (nSPS) is 33.2. The maximum atomic E-state index is 13.9. The van der Waals surface area contributed by atoms with Crippen LogP contribution in [0.1, 0.15) is 48.8 Å². The van der Waals surface area contributed by atoms with Gasteiger partial charge in [0.2, 0.25) is 5.91 Å². The molecule has 2 heterocycles. The number of hydrogen-bond acceptors (Lipinski definition) is 5. The van der Waals surface area contributed by atoms with E-state index in [1.807, 2.05) is 6.07 Å². The zero-order valence-corrected chi connectivity index (χ0v) is 22.1. The molecule has 1 saturated heterocycles. The van der Waals surface area contributed by atoms with E-state index in [0.717, 1.165) is 43.0 Å². The predicted molar refractivity (Wildman–Crippen MR) is 142 cm³/mol. The van der Waals surface area contributed by atoms with Crippen molar-refractivity contribution in [3.8, 4) is 11.5 Å².